The van der Waals surface area contributed by atoms with Gasteiger partial charge < -0.3 is 5.32 Å². The van der Waals surface area contributed by atoms with Gasteiger partial charge in [0.25, 0.3) is 0 Å². The molecule has 0 aliphatic heterocycles. The summed E-state index contributed by atoms with van der Waals surface area (Å²) in [6.45, 7) is 0. The second-order valence-electron chi connectivity index (χ2n) is 5.39. The van der Waals surface area contributed by atoms with Crippen molar-refractivity contribution >= 4 is 0 Å². The summed E-state index contributed by atoms with van der Waals surface area (Å²) in [6, 6.07) is 14.3. The molecule has 3 heteroatoms. The molecule has 0 amide bonds. The molecule has 1 aliphatic rings. The molecule has 0 bridgehead atoms. The van der Waals surface area contributed by atoms with Crippen LogP contribution in [0.2, 0.25) is 0 Å². The zero-order chi connectivity index (χ0) is 14.2. The molecule has 1 N–H and O–H groups in total. The Kier molecular flexibility index (Phi) is 3.30. The van der Waals surface area contributed by atoms with E-state index in [9.17, 15) is 8.78 Å². The minimum Gasteiger partial charge on any atom is -0.312 e. The Morgan fingerprint density at radius 1 is 1.00 bits per heavy atom. The second kappa shape index (κ2) is 4.98. The van der Waals surface area contributed by atoms with Gasteiger partial charge in [0.15, 0.2) is 11.6 Å². The molecular formula is C17H17F2N. The van der Waals surface area contributed by atoms with Crippen molar-refractivity contribution in [3.05, 3.63) is 71.3 Å². The predicted octanol–water partition coefficient (Wildman–Crippen LogP) is 3.96. The Hall–Kier alpha value is -1.74. The first-order valence-corrected chi connectivity index (χ1v) is 6.86. The van der Waals surface area contributed by atoms with Crippen LogP contribution in [0.5, 0.6) is 0 Å². The lowest BCUT2D eigenvalue weighted by Gasteiger charge is -2.28. The number of rotatable bonds is 4. The Morgan fingerprint density at radius 3 is 2.30 bits per heavy atom. The molecule has 0 aromatic heterocycles. The Labute approximate surface area is 117 Å². The summed E-state index contributed by atoms with van der Waals surface area (Å²) in [5.41, 5.74) is 1.47. The van der Waals surface area contributed by atoms with Crippen LogP contribution >= 0.6 is 0 Å². The molecule has 0 heterocycles. The van der Waals surface area contributed by atoms with Gasteiger partial charge in [0.2, 0.25) is 0 Å². The van der Waals surface area contributed by atoms with Gasteiger partial charge in [0.1, 0.15) is 0 Å². The number of hydrogen-bond donors (Lipinski definition) is 1. The highest BCUT2D eigenvalue weighted by molar-refractivity contribution is 5.39. The first-order valence-electron chi connectivity index (χ1n) is 6.86. The van der Waals surface area contributed by atoms with Gasteiger partial charge in [0, 0.05) is 17.0 Å². The molecule has 0 saturated heterocycles. The van der Waals surface area contributed by atoms with E-state index in [-0.39, 0.29) is 11.5 Å². The van der Waals surface area contributed by atoms with E-state index in [0.717, 1.165) is 18.9 Å². The quantitative estimate of drug-likeness (QED) is 0.889. The molecule has 2 aromatic rings. The lowest BCUT2D eigenvalue weighted by atomic mass is 9.83. The van der Waals surface area contributed by atoms with Crippen LogP contribution in [0.4, 0.5) is 8.78 Å². The van der Waals surface area contributed by atoms with Crippen LogP contribution in [0, 0.1) is 11.6 Å². The molecule has 1 aliphatic carbocycles. The topological polar surface area (TPSA) is 12.0 Å². The molecule has 1 unspecified atom stereocenters. The lowest BCUT2D eigenvalue weighted by molar-refractivity contribution is 0.423. The first-order chi connectivity index (χ1) is 9.69. The Morgan fingerprint density at radius 2 is 1.70 bits per heavy atom. The molecule has 1 saturated carbocycles. The minimum absolute atomic E-state index is 0.120. The summed E-state index contributed by atoms with van der Waals surface area (Å²) in [6.07, 6.45) is 1.97. The maximum Gasteiger partial charge on any atom is 0.163 e. The zero-order valence-corrected chi connectivity index (χ0v) is 11.4. The summed E-state index contributed by atoms with van der Waals surface area (Å²) >= 11 is 0. The molecule has 1 fully saturated rings. The summed E-state index contributed by atoms with van der Waals surface area (Å²) < 4.78 is 27.6. The number of nitrogens with one attached hydrogen (secondary N) is 1. The summed E-state index contributed by atoms with van der Waals surface area (Å²) in [5.74, 6) is -1.53. The van der Waals surface area contributed by atoms with Gasteiger partial charge in [-0.15, -0.1) is 0 Å². The Bertz CT molecular complexity index is 606. The predicted molar refractivity (Wildman–Crippen MR) is 75.5 cm³/mol. The summed E-state index contributed by atoms with van der Waals surface area (Å²) in [7, 11) is 1.80. The average Bonchev–Trinajstić information content (AvgIpc) is 3.27. The molecule has 0 spiro atoms. The van der Waals surface area contributed by atoms with Crippen molar-refractivity contribution in [2.75, 3.05) is 7.05 Å². The van der Waals surface area contributed by atoms with Crippen LogP contribution < -0.4 is 5.32 Å². The van der Waals surface area contributed by atoms with Crippen molar-refractivity contribution in [3.63, 3.8) is 0 Å². The highest BCUT2D eigenvalue weighted by Gasteiger charge is 2.51. The van der Waals surface area contributed by atoms with E-state index in [1.54, 1.807) is 19.2 Å². The highest BCUT2D eigenvalue weighted by atomic mass is 19.2. The molecule has 2 aromatic carbocycles. The van der Waals surface area contributed by atoms with E-state index >= 15 is 0 Å². The lowest BCUT2D eigenvalue weighted by Crippen LogP contribution is -2.30. The summed E-state index contributed by atoms with van der Waals surface area (Å²) in [4.78, 5) is 0. The fourth-order valence-electron chi connectivity index (χ4n) is 3.12. The van der Waals surface area contributed by atoms with E-state index in [1.165, 1.54) is 5.56 Å². The first kappa shape index (κ1) is 13.3. The molecule has 20 heavy (non-hydrogen) atoms. The van der Waals surface area contributed by atoms with Crippen LogP contribution in [-0.4, -0.2) is 7.05 Å². The number of likely N-dealkylation sites (N-methyl/N-ethyl adjacent to an activating group) is 1. The fourth-order valence-corrected chi connectivity index (χ4v) is 3.12. The number of hydrogen-bond acceptors (Lipinski definition) is 1. The van der Waals surface area contributed by atoms with E-state index in [0.29, 0.717) is 5.56 Å². The molecular weight excluding hydrogens is 256 g/mol. The van der Waals surface area contributed by atoms with Gasteiger partial charge in [-0.05, 0) is 31.5 Å². The molecule has 0 radical (unpaired) electrons. The van der Waals surface area contributed by atoms with E-state index in [1.807, 2.05) is 18.2 Å². The summed E-state index contributed by atoms with van der Waals surface area (Å²) in [5, 5.41) is 3.18. The number of benzene rings is 2. The minimum atomic E-state index is -0.786. The maximum absolute atomic E-state index is 14.1. The maximum atomic E-state index is 14.1. The van der Waals surface area contributed by atoms with Crippen LogP contribution in [-0.2, 0) is 5.41 Å². The van der Waals surface area contributed by atoms with Gasteiger partial charge in [-0.1, -0.05) is 42.5 Å². The molecule has 1 atom stereocenters. The second-order valence-corrected chi connectivity index (χ2v) is 5.39. The van der Waals surface area contributed by atoms with Crippen LogP contribution in [0.1, 0.15) is 30.0 Å². The average molecular weight is 273 g/mol. The smallest absolute Gasteiger partial charge is 0.163 e. The third-order valence-electron chi connectivity index (χ3n) is 4.27. The molecule has 1 nitrogen and oxygen atoms in total. The standard InChI is InChI=1S/C17H17F2N/c1-20-16(13-8-5-9-14(18)15(13)19)17(10-11-17)12-6-3-2-4-7-12/h2-9,16,20H,10-11H2,1H3. The fraction of sp³-hybridized carbons (Fsp3) is 0.294. The third-order valence-corrected chi connectivity index (χ3v) is 4.27. The SMILES string of the molecule is CNC(c1cccc(F)c1F)C1(c2ccccc2)CC1. The molecule has 104 valence electrons. The van der Waals surface area contributed by atoms with Gasteiger partial charge in [0.05, 0.1) is 0 Å². The monoisotopic (exact) mass is 273 g/mol. The van der Waals surface area contributed by atoms with E-state index < -0.39 is 11.6 Å². The molecule has 3 rings (SSSR count). The van der Waals surface area contributed by atoms with Crippen LogP contribution in [0.25, 0.3) is 0 Å². The van der Waals surface area contributed by atoms with Crippen molar-refractivity contribution in [1.29, 1.82) is 0 Å². The van der Waals surface area contributed by atoms with Gasteiger partial charge in [-0.2, -0.15) is 0 Å². The van der Waals surface area contributed by atoms with Crippen molar-refractivity contribution in [3.8, 4) is 0 Å². The third kappa shape index (κ3) is 2.02. The van der Waals surface area contributed by atoms with Crippen LogP contribution in [0.3, 0.4) is 0 Å². The van der Waals surface area contributed by atoms with Gasteiger partial charge >= 0.3 is 0 Å². The van der Waals surface area contributed by atoms with Crippen molar-refractivity contribution in [2.45, 2.75) is 24.3 Å². The Balaban J connectivity index is 2.05. The number of halogens is 2. The zero-order valence-electron chi connectivity index (χ0n) is 11.4. The normalized spacial score (nSPS) is 17.8. The largest absolute Gasteiger partial charge is 0.312 e. The van der Waals surface area contributed by atoms with Crippen molar-refractivity contribution < 1.29 is 8.78 Å². The van der Waals surface area contributed by atoms with Crippen LogP contribution in [0.15, 0.2) is 48.5 Å². The van der Waals surface area contributed by atoms with E-state index in [4.69, 9.17) is 0 Å². The highest BCUT2D eigenvalue weighted by Crippen LogP contribution is 2.56. The van der Waals surface area contributed by atoms with Crippen molar-refractivity contribution in [1.82, 2.24) is 5.32 Å². The van der Waals surface area contributed by atoms with E-state index in [2.05, 4.69) is 17.4 Å². The van der Waals surface area contributed by atoms with Gasteiger partial charge in [-0.3, -0.25) is 0 Å². The van der Waals surface area contributed by atoms with Gasteiger partial charge in [-0.25, -0.2) is 8.78 Å². The van der Waals surface area contributed by atoms with Crippen molar-refractivity contribution in [2.24, 2.45) is 0 Å².